The van der Waals surface area contributed by atoms with Crippen molar-refractivity contribution in [3.05, 3.63) is 45.9 Å². The van der Waals surface area contributed by atoms with Crippen molar-refractivity contribution in [1.29, 1.82) is 0 Å². The van der Waals surface area contributed by atoms with Gasteiger partial charge in [-0.2, -0.15) is 0 Å². The van der Waals surface area contributed by atoms with Crippen LogP contribution in [-0.2, 0) is 13.0 Å². The van der Waals surface area contributed by atoms with Gasteiger partial charge >= 0.3 is 0 Å². The van der Waals surface area contributed by atoms with Crippen molar-refractivity contribution in [2.75, 3.05) is 20.1 Å². The zero-order chi connectivity index (χ0) is 16.1. The lowest BCUT2D eigenvalue weighted by Crippen LogP contribution is -2.39. The Morgan fingerprint density at radius 1 is 1.39 bits per heavy atom. The summed E-state index contributed by atoms with van der Waals surface area (Å²) in [5.74, 6) is 0.931. The van der Waals surface area contributed by atoms with Crippen LogP contribution in [-0.4, -0.2) is 40.4 Å². The molecular weight excluding hydrogens is 326 g/mol. The fourth-order valence-corrected chi connectivity index (χ4v) is 3.73. The lowest BCUT2D eigenvalue weighted by Gasteiger charge is -2.21. The number of rotatable bonds is 6. The normalized spacial score (nSPS) is 12.0. The van der Waals surface area contributed by atoms with Crippen LogP contribution in [0.2, 0.25) is 0 Å². The number of imidazole rings is 1. The Bertz CT molecular complexity index is 728. The van der Waals surface area contributed by atoms with E-state index in [1.54, 1.807) is 22.7 Å². The van der Waals surface area contributed by atoms with Crippen molar-refractivity contribution >= 4 is 33.6 Å². The highest BCUT2D eigenvalue weighted by Crippen LogP contribution is 2.12. The highest BCUT2D eigenvalue weighted by molar-refractivity contribution is 7.15. The van der Waals surface area contributed by atoms with Gasteiger partial charge in [0.05, 0.1) is 12.2 Å². The summed E-state index contributed by atoms with van der Waals surface area (Å²) < 4.78 is 2.04. The van der Waals surface area contributed by atoms with Gasteiger partial charge in [-0.05, 0) is 24.8 Å². The molecular formula is C16H21N5S2. The Balaban J connectivity index is 1.62. The molecule has 3 aromatic heterocycles. The van der Waals surface area contributed by atoms with Crippen LogP contribution in [0.4, 0.5) is 0 Å². The molecule has 5 nitrogen and oxygen atoms in total. The number of hydrogen-bond acceptors (Lipinski definition) is 4. The van der Waals surface area contributed by atoms with Gasteiger partial charge in [0.25, 0.3) is 0 Å². The Morgan fingerprint density at radius 2 is 2.30 bits per heavy atom. The second kappa shape index (κ2) is 7.61. The molecule has 0 amide bonds. The second-order valence-electron chi connectivity index (χ2n) is 5.25. The van der Waals surface area contributed by atoms with Gasteiger partial charge in [0, 0.05) is 42.8 Å². The molecule has 0 aliphatic rings. The van der Waals surface area contributed by atoms with Crippen molar-refractivity contribution in [2.45, 2.75) is 19.9 Å². The Kier molecular flexibility index (Phi) is 5.30. The minimum absolute atomic E-state index is 0.597. The summed E-state index contributed by atoms with van der Waals surface area (Å²) in [4.78, 5) is 13.9. The van der Waals surface area contributed by atoms with E-state index in [0.29, 0.717) is 6.54 Å². The molecule has 0 bridgehead atoms. The molecule has 3 rings (SSSR count). The second-order valence-corrected chi connectivity index (χ2v) is 7.15. The Morgan fingerprint density at radius 3 is 3.04 bits per heavy atom. The lowest BCUT2D eigenvalue weighted by molar-refractivity contribution is 0.486. The molecule has 3 heterocycles. The number of hydrogen-bond donors (Lipinski definition) is 1. The molecule has 3 aromatic rings. The number of aliphatic imine (C=N–C) groups is 1. The van der Waals surface area contributed by atoms with E-state index in [0.717, 1.165) is 36.1 Å². The molecule has 23 heavy (non-hydrogen) atoms. The summed E-state index contributed by atoms with van der Waals surface area (Å²) in [6.45, 7) is 4.50. The predicted octanol–water partition coefficient (Wildman–Crippen LogP) is 3.10. The number of aromatic nitrogens is 2. The topological polar surface area (TPSA) is 44.9 Å². The van der Waals surface area contributed by atoms with E-state index in [4.69, 9.17) is 4.99 Å². The highest BCUT2D eigenvalue weighted by atomic mass is 32.1. The summed E-state index contributed by atoms with van der Waals surface area (Å²) in [5, 5.41) is 7.52. The van der Waals surface area contributed by atoms with Gasteiger partial charge in [-0.1, -0.05) is 6.07 Å². The van der Waals surface area contributed by atoms with Gasteiger partial charge < -0.3 is 10.2 Å². The molecule has 0 saturated carbocycles. The number of thiazole rings is 1. The van der Waals surface area contributed by atoms with Crippen LogP contribution in [0.1, 0.15) is 17.5 Å². The number of nitrogens with one attached hydrogen (secondary N) is 1. The van der Waals surface area contributed by atoms with E-state index in [9.17, 15) is 0 Å². The van der Waals surface area contributed by atoms with Crippen LogP contribution in [0.5, 0.6) is 0 Å². The molecule has 0 saturated heterocycles. The van der Waals surface area contributed by atoms with E-state index in [1.165, 1.54) is 4.88 Å². The van der Waals surface area contributed by atoms with Gasteiger partial charge in [0.2, 0.25) is 0 Å². The number of nitrogens with zero attached hydrogens (tertiary/aromatic N) is 4. The molecule has 7 heteroatoms. The fraction of sp³-hybridized carbons (Fsp3) is 0.375. The molecule has 0 aromatic carbocycles. The smallest absolute Gasteiger partial charge is 0.194 e. The van der Waals surface area contributed by atoms with E-state index in [-0.39, 0.29) is 0 Å². The van der Waals surface area contributed by atoms with Crippen molar-refractivity contribution in [1.82, 2.24) is 19.6 Å². The maximum atomic E-state index is 4.72. The molecule has 0 fully saturated rings. The van der Waals surface area contributed by atoms with Crippen LogP contribution in [0.25, 0.3) is 4.96 Å². The number of guanidine groups is 1. The van der Waals surface area contributed by atoms with Gasteiger partial charge in [-0.25, -0.2) is 9.98 Å². The minimum atomic E-state index is 0.597. The average Bonchev–Trinajstić information content (AvgIpc) is 3.25. The number of fused-ring (bicyclic) bond motifs is 1. The first-order valence-corrected chi connectivity index (χ1v) is 9.45. The molecule has 0 radical (unpaired) electrons. The third-order valence-electron chi connectivity index (χ3n) is 3.50. The van der Waals surface area contributed by atoms with Crippen LogP contribution in [0.15, 0.2) is 40.3 Å². The minimum Gasteiger partial charge on any atom is -0.357 e. The standard InChI is InChI=1S/C16H21N5S2/c1-3-17-15(20(2)7-6-14-5-4-9-22-14)18-11-13-12-21-8-10-23-16(21)19-13/h4-5,8-10,12H,3,6-7,11H2,1-2H3,(H,17,18). The van der Waals surface area contributed by atoms with Crippen LogP contribution >= 0.6 is 22.7 Å². The maximum absolute atomic E-state index is 4.72. The first-order valence-electron chi connectivity index (χ1n) is 7.69. The van der Waals surface area contributed by atoms with Crippen LogP contribution < -0.4 is 5.32 Å². The summed E-state index contributed by atoms with van der Waals surface area (Å²) in [5.41, 5.74) is 0.999. The van der Waals surface area contributed by atoms with Crippen molar-refractivity contribution in [2.24, 2.45) is 4.99 Å². The molecule has 0 spiro atoms. The molecule has 0 atom stereocenters. The van der Waals surface area contributed by atoms with E-state index in [1.807, 2.05) is 22.2 Å². The largest absolute Gasteiger partial charge is 0.357 e. The fourth-order valence-electron chi connectivity index (χ4n) is 2.32. The summed E-state index contributed by atoms with van der Waals surface area (Å²) in [7, 11) is 2.08. The summed E-state index contributed by atoms with van der Waals surface area (Å²) in [6.07, 6.45) is 5.11. The van der Waals surface area contributed by atoms with Gasteiger partial charge in [-0.3, -0.25) is 4.40 Å². The van der Waals surface area contributed by atoms with Crippen molar-refractivity contribution in [3.8, 4) is 0 Å². The Hall–Kier alpha value is -1.86. The van der Waals surface area contributed by atoms with Gasteiger partial charge in [-0.15, -0.1) is 22.7 Å². The molecule has 0 unspecified atom stereocenters. The van der Waals surface area contributed by atoms with Gasteiger partial charge in [0.1, 0.15) is 0 Å². The van der Waals surface area contributed by atoms with Crippen LogP contribution in [0.3, 0.4) is 0 Å². The zero-order valence-corrected chi connectivity index (χ0v) is 15.0. The number of likely N-dealkylation sites (N-methyl/N-ethyl adjacent to an activating group) is 1. The van der Waals surface area contributed by atoms with E-state index in [2.05, 4.69) is 46.7 Å². The predicted molar refractivity (Wildman–Crippen MR) is 98.5 cm³/mol. The first kappa shape index (κ1) is 16.0. The first-order chi connectivity index (χ1) is 11.3. The highest BCUT2D eigenvalue weighted by Gasteiger charge is 2.07. The molecule has 0 aliphatic heterocycles. The molecule has 122 valence electrons. The van der Waals surface area contributed by atoms with Gasteiger partial charge in [0.15, 0.2) is 10.9 Å². The zero-order valence-electron chi connectivity index (χ0n) is 13.4. The third-order valence-corrected chi connectivity index (χ3v) is 5.21. The summed E-state index contributed by atoms with van der Waals surface area (Å²) >= 11 is 3.45. The van der Waals surface area contributed by atoms with Crippen molar-refractivity contribution < 1.29 is 0 Å². The maximum Gasteiger partial charge on any atom is 0.194 e. The van der Waals surface area contributed by atoms with E-state index >= 15 is 0 Å². The summed E-state index contributed by atoms with van der Waals surface area (Å²) in [6, 6.07) is 4.28. The Labute approximate surface area is 144 Å². The van der Waals surface area contributed by atoms with E-state index < -0.39 is 0 Å². The SMILES string of the molecule is CCNC(=NCc1cn2ccsc2n1)N(C)CCc1cccs1. The van der Waals surface area contributed by atoms with Crippen molar-refractivity contribution in [3.63, 3.8) is 0 Å². The molecule has 0 aliphatic carbocycles. The average molecular weight is 348 g/mol. The monoisotopic (exact) mass is 347 g/mol. The third kappa shape index (κ3) is 4.11. The lowest BCUT2D eigenvalue weighted by atomic mass is 10.3. The van der Waals surface area contributed by atoms with Crippen LogP contribution in [0, 0.1) is 0 Å². The molecule has 1 N–H and O–H groups in total. The number of thiophene rings is 1. The quantitative estimate of drug-likeness (QED) is 0.550.